The van der Waals surface area contributed by atoms with Gasteiger partial charge in [0.2, 0.25) is 0 Å². The standard InChI is InChI=1S/C21H28F2.C21H22F2.C15H26/c2*1-3-15-5-7-16(8-6-15)17-9-11-18(12-10-17)19-13-4-14(2)20(22)21(19)23;1-3-13-6-10-15(11-7-13)14-8-4-12(2)5-9-14/h3-4,13,15-18H,1,5-12H2,2H3;3-4,9-13,15-16H,1,5-8H2,2H3;3,12-15H,1,4-11H2,2H3. The van der Waals surface area contributed by atoms with E-state index in [-0.39, 0.29) is 5.92 Å². The first kappa shape index (κ1) is 47.1. The van der Waals surface area contributed by atoms with E-state index in [9.17, 15) is 17.6 Å². The normalized spacial score (nSPS) is 30.4. The van der Waals surface area contributed by atoms with Gasteiger partial charge < -0.3 is 0 Å². The Morgan fingerprint density at radius 1 is 0.410 bits per heavy atom. The maximum Gasteiger partial charge on any atom is 0.166 e. The van der Waals surface area contributed by atoms with Gasteiger partial charge in [0, 0.05) is 5.56 Å². The highest BCUT2D eigenvalue weighted by atomic mass is 19.2. The fourth-order valence-electron chi connectivity index (χ4n) is 11.8. The summed E-state index contributed by atoms with van der Waals surface area (Å²) in [5.41, 5.74) is 3.69. The second-order valence-electron chi connectivity index (χ2n) is 20.1. The Balaban J connectivity index is 0.000000157. The Hall–Kier alpha value is -3.40. The van der Waals surface area contributed by atoms with Gasteiger partial charge in [0.15, 0.2) is 23.3 Å². The third-order valence-corrected chi connectivity index (χ3v) is 16.3. The van der Waals surface area contributed by atoms with E-state index in [2.05, 4.69) is 57.0 Å². The van der Waals surface area contributed by atoms with Crippen LogP contribution < -0.4 is 0 Å². The van der Waals surface area contributed by atoms with Crippen LogP contribution in [0.4, 0.5) is 17.6 Å². The van der Waals surface area contributed by atoms with Gasteiger partial charge >= 0.3 is 0 Å². The molecule has 4 heteroatoms. The number of hydrogen-bond acceptors (Lipinski definition) is 0. The van der Waals surface area contributed by atoms with Gasteiger partial charge in [-0.2, -0.15) is 0 Å². The molecule has 0 spiro atoms. The maximum absolute atomic E-state index is 14.2. The van der Waals surface area contributed by atoms with E-state index < -0.39 is 23.3 Å². The molecular weight excluding hydrogens is 761 g/mol. The topological polar surface area (TPSA) is 0 Å². The Morgan fingerprint density at radius 3 is 1.25 bits per heavy atom. The number of allylic oxidation sites excluding steroid dienone is 3. The quantitative estimate of drug-likeness (QED) is 0.157. The maximum atomic E-state index is 14.2. The number of rotatable bonds is 8. The Bertz CT molecular complexity index is 1830. The minimum absolute atomic E-state index is 0.200. The van der Waals surface area contributed by atoms with Crippen LogP contribution in [0.25, 0.3) is 11.1 Å². The van der Waals surface area contributed by atoms with Crippen molar-refractivity contribution in [3.63, 3.8) is 0 Å². The van der Waals surface area contributed by atoms with E-state index in [4.69, 9.17) is 0 Å². The lowest BCUT2D eigenvalue weighted by Gasteiger charge is -2.37. The number of halogens is 4. The second-order valence-corrected chi connectivity index (χ2v) is 20.1. The summed E-state index contributed by atoms with van der Waals surface area (Å²) >= 11 is 0. The van der Waals surface area contributed by atoms with Crippen LogP contribution in [0.1, 0.15) is 169 Å². The molecule has 0 heterocycles. The molecule has 0 nitrogen and oxygen atoms in total. The van der Waals surface area contributed by atoms with Crippen LogP contribution in [-0.4, -0.2) is 0 Å². The third kappa shape index (κ3) is 12.4. The molecule has 61 heavy (non-hydrogen) atoms. The Labute approximate surface area is 367 Å². The van der Waals surface area contributed by atoms with Crippen LogP contribution in [-0.2, 0) is 0 Å². The second kappa shape index (κ2) is 22.8. The molecule has 0 amide bonds. The van der Waals surface area contributed by atoms with Crippen molar-refractivity contribution in [3.8, 4) is 11.1 Å². The molecule has 3 aromatic carbocycles. The minimum Gasteiger partial charge on any atom is -0.203 e. The lowest BCUT2D eigenvalue weighted by atomic mass is 9.68. The van der Waals surface area contributed by atoms with Crippen LogP contribution in [0, 0.1) is 84.5 Å². The van der Waals surface area contributed by atoms with Crippen molar-refractivity contribution < 1.29 is 17.6 Å². The van der Waals surface area contributed by atoms with Crippen molar-refractivity contribution >= 4 is 0 Å². The molecule has 0 saturated heterocycles. The summed E-state index contributed by atoms with van der Waals surface area (Å²) < 4.78 is 55.8. The molecule has 5 fully saturated rings. The SMILES string of the molecule is C=CC1CCC(C2CCC(C)CC2)CC1.C=CC1CCC(C2CCC(c3ccc(C)c(F)c3F)CC2)CC1.C=CC1CCC(c2ccc(-c3ccc(C)c(F)c3F)cc2)CC1. The van der Waals surface area contributed by atoms with Crippen molar-refractivity contribution in [1.29, 1.82) is 0 Å². The van der Waals surface area contributed by atoms with Crippen LogP contribution in [0.2, 0.25) is 0 Å². The zero-order valence-corrected chi connectivity index (χ0v) is 37.9. The number of hydrogen-bond donors (Lipinski definition) is 0. The highest BCUT2D eigenvalue weighted by Gasteiger charge is 2.32. The van der Waals surface area contributed by atoms with Gasteiger partial charge in [-0.1, -0.05) is 86.5 Å². The summed E-state index contributed by atoms with van der Waals surface area (Å²) in [6.07, 6.45) is 32.4. The first-order chi connectivity index (χ1) is 29.5. The van der Waals surface area contributed by atoms with Gasteiger partial charge in [0.05, 0.1) is 0 Å². The molecule has 0 atom stereocenters. The van der Waals surface area contributed by atoms with E-state index in [0.29, 0.717) is 40.0 Å². The van der Waals surface area contributed by atoms with Gasteiger partial charge in [0.25, 0.3) is 0 Å². The average Bonchev–Trinajstić information content (AvgIpc) is 3.31. The van der Waals surface area contributed by atoms with Gasteiger partial charge in [-0.05, 0) is 216 Å². The van der Waals surface area contributed by atoms with Crippen LogP contribution in [0.15, 0.2) is 86.5 Å². The molecule has 0 aliphatic heterocycles. The molecule has 0 unspecified atom stereocenters. The molecule has 0 aromatic heterocycles. The predicted octanol–water partition coefficient (Wildman–Crippen LogP) is 17.7. The summed E-state index contributed by atoms with van der Waals surface area (Å²) in [6, 6.07) is 14.7. The predicted molar refractivity (Wildman–Crippen MR) is 250 cm³/mol. The highest BCUT2D eigenvalue weighted by Crippen LogP contribution is 2.45. The van der Waals surface area contributed by atoms with E-state index in [1.807, 2.05) is 12.1 Å². The van der Waals surface area contributed by atoms with Crippen molar-refractivity contribution in [2.24, 2.45) is 47.3 Å². The van der Waals surface area contributed by atoms with Gasteiger partial charge in [-0.15, -0.1) is 19.7 Å². The summed E-state index contributed by atoms with van der Waals surface area (Å²) in [7, 11) is 0. The largest absolute Gasteiger partial charge is 0.203 e. The molecular formula is C57H76F4. The molecule has 332 valence electrons. The first-order valence-corrected chi connectivity index (χ1v) is 24.4. The first-order valence-electron chi connectivity index (χ1n) is 24.4. The minimum atomic E-state index is -0.760. The number of benzene rings is 3. The lowest BCUT2D eigenvalue weighted by molar-refractivity contribution is 0.160. The Morgan fingerprint density at radius 2 is 0.787 bits per heavy atom. The van der Waals surface area contributed by atoms with Crippen LogP contribution in [0.5, 0.6) is 0 Å². The molecule has 0 radical (unpaired) electrons. The fraction of sp³-hybridized carbons (Fsp3) is 0.579. The fourth-order valence-corrected chi connectivity index (χ4v) is 11.8. The van der Waals surface area contributed by atoms with E-state index in [1.165, 1.54) is 121 Å². The zero-order valence-electron chi connectivity index (χ0n) is 37.9. The number of aryl methyl sites for hydroxylation is 2. The summed E-state index contributed by atoms with van der Waals surface area (Å²) in [5, 5.41) is 0. The van der Waals surface area contributed by atoms with E-state index in [0.717, 1.165) is 53.9 Å². The smallest absolute Gasteiger partial charge is 0.166 e. The third-order valence-electron chi connectivity index (χ3n) is 16.3. The Kier molecular flexibility index (Phi) is 17.6. The van der Waals surface area contributed by atoms with Gasteiger partial charge in [-0.25, -0.2) is 17.6 Å². The molecule has 5 saturated carbocycles. The molecule has 8 rings (SSSR count). The van der Waals surface area contributed by atoms with Crippen molar-refractivity contribution in [2.45, 2.75) is 161 Å². The zero-order chi connectivity index (χ0) is 43.5. The lowest BCUT2D eigenvalue weighted by Crippen LogP contribution is -2.25. The highest BCUT2D eigenvalue weighted by molar-refractivity contribution is 5.65. The van der Waals surface area contributed by atoms with Gasteiger partial charge in [0.1, 0.15) is 0 Å². The molecule has 0 bridgehead atoms. The van der Waals surface area contributed by atoms with E-state index in [1.54, 1.807) is 38.1 Å². The summed E-state index contributed by atoms with van der Waals surface area (Å²) in [6.45, 7) is 17.4. The monoisotopic (exact) mass is 837 g/mol. The van der Waals surface area contributed by atoms with Crippen molar-refractivity contribution in [3.05, 3.63) is 132 Å². The molecule has 5 aliphatic rings. The van der Waals surface area contributed by atoms with Crippen LogP contribution in [0.3, 0.4) is 0 Å². The molecule has 5 aliphatic carbocycles. The summed E-state index contributed by atoms with van der Waals surface area (Å²) in [4.78, 5) is 0. The van der Waals surface area contributed by atoms with Crippen molar-refractivity contribution in [1.82, 2.24) is 0 Å². The average molecular weight is 837 g/mol. The summed E-state index contributed by atoms with van der Waals surface area (Å²) in [5.74, 6) is 4.95. The van der Waals surface area contributed by atoms with Crippen molar-refractivity contribution in [2.75, 3.05) is 0 Å². The van der Waals surface area contributed by atoms with Gasteiger partial charge in [-0.3, -0.25) is 0 Å². The van der Waals surface area contributed by atoms with E-state index >= 15 is 0 Å². The van der Waals surface area contributed by atoms with Crippen LogP contribution >= 0.6 is 0 Å². The molecule has 3 aromatic rings. The molecule has 0 N–H and O–H groups in total.